The third-order valence-electron chi connectivity index (χ3n) is 5.13. The van der Waals surface area contributed by atoms with Crippen LogP contribution in [0.25, 0.3) is 33.4 Å². The summed E-state index contributed by atoms with van der Waals surface area (Å²) in [6, 6.07) is 19.3. The maximum atomic E-state index is 13.9. The fraction of sp³-hybridized carbons (Fsp3) is 0.154. The number of rotatable bonds is 8. The number of hydrogen-bond acceptors (Lipinski definition) is 6. The molecule has 166 valence electrons. The number of esters is 1. The number of halogens is 1. The van der Waals surface area contributed by atoms with Crippen LogP contribution in [-0.2, 0) is 9.53 Å². The minimum atomic E-state index is -0.398. The fourth-order valence-electron chi connectivity index (χ4n) is 3.54. The van der Waals surface area contributed by atoms with Crippen LogP contribution in [0.5, 0.6) is 0 Å². The summed E-state index contributed by atoms with van der Waals surface area (Å²) in [7, 11) is 0. The van der Waals surface area contributed by atoms with E-state index in [2.05, 4.69) is 15.3 Å². The Labute approximate surface area is 190 Å². The Hall–Kier alpha value is -4.13. The third-order valence-corrected chi connectivity index (χ3v) is 5.13. The molecule has 0 bridgehead atoms. The van der Waals surface area contributed by atoms with Crippen molar-refractivity contribution in [1.82, 2.24) is 9.97 Å². The number of hydrogen-bond donors (Lipinski definition) is 1. The number of nitrogens with zero attached hydrogens (tertiary/aromatic N) is 2. The molecule has 0 saturated carbocycles. The van der Waals surface area contributed by atoms with Crippen molar-refractivity contribution in [3.63, 3.8) is 0 Å². The summed E-state index contributed by atoms with van der Waals surface area (Å²) in [4.78, 5) is 32.2. The van der Waals surface area contributed by atoms with Crippen LogP contribution in [0.4, 0.5) is 10.2 Å². The van der Waals surface area contributed by atoms with Crippen LogP contribution >= 0.6 is 0 Å². The van der Waals surface area contributed by atoms with E-state index in [4.69, 9.17) is 4.74 Å². The molecule has 4 rings (SSSR count). The van der Waals surface area contributed by atoms with Crippen LogP contribution in [0.3, 0.4) is 0 Å². The Morgan fingerprint density at radius 2 is 1.79 bits per heavy atom. The molecule has 0 amide bonds. The molecule has 0 aliphatic carbocycles. The summed E-state index contributed by atoms with van der Waals surface area (Å²) >= 11 is 0. The lowest BCUT2D eigenvalue weighted by atomic mass is 9.99. The molecule has 0 radical (unpaired) electrons. The molecule has 0 unspecified atom stereocenters. The highest BCUT2D eigenvalue weighted by atomic mass is 19.1. The van der Waals surface area contributed by atoms with Gasteiger partial charge in [0.1, 0.15) is 11.6 Å². The van der Waals surface area contributed by atoms with Gasteiger partial charge in [0.05, 0.1) is 18.5 Å². The number of aldehydes is 1. The summed E-state index contributed by atoms with van der Waals surface area (Å²) in [5, 5.41) is 3.64. The number of carbonyl (C=O) groups excluding carboxylic acids is 2. The van der Waals surface area contributed by atoms with Gasteiger partial charge in [-0.15, -0.1) is 0 Å². The summed E-state index contributed by atoms with van der Waals surface area (Å²) in [6.07, 6.45) is 0.998. The highest BCUT2D eigenvalue weighted by Gasteiger charge is 2.12. The third kappa shape index (κ3) is 5.03. The van der Waals surface area contributed by atoms with Crippen LogP contribution < -0.4 is 5.32 Å². The normalized spacial score (nSPS) is 10.7. The van der Waals surface area contributed by atoms with Gasteiger partial charge < -0.3 is 10.1 Å². The average Bonchev–Trinajstić information content (AvgIpc) is 2.84. The van der Waals surface area contributed by atoms with Crippen molar-refractivity contribution in [2.75, 3.05) is 18.5 Å². The molecule has 0 aliphatic heterocycles. The Bertz CT molecular complexity index is 1310. The van der Waals surface area contributed by atoms with Crippen molar-refractivity contribution in [2.45, 2.75) is 13.3 Å². The van der Waals surface area contributed by atoms with Crippen LogP contribution in [0, 0.1) is 5.82 Å². The van der Waals surface area contributed by atoms with Crippen molar-refractivity contribution < 1.29 is 18.7 Å². The first-order valence-corrected chi connectivity index (χ1v) is 10.6. The second kappa shape index (κ2) is 9.99. The zero-order valence-corrected chi connectivity index (χ0v) is 18.0. The topological polar surface area (TPSA) is 81.2 Å². The number of fused-ring (bicyclic) bond motifs is 1. The van der Waals surface area contributed by atoms with Crippen molar-refractivity contribution in [2.24, 2.45) is 0 Å². The molecule has 1 N–H and O–H groups in total. The Morgan fingerprint density at radius 1 is 1.03 bits per heavy atom. The van der Waals surface area contributed by atoms with Gasteiger partial charge in [0, 0.05) is 23.1 Å². The fourth-order valence-corrected chi connectivity index (χ4v) is 3.54. The lowest BCUT2D eigenvalue weighted by Crippen LogP contribution is -2.12. The summed E-state index contributed by atoms with van der Waals surface area (Å²) in [5.41, 5.74) is 3.70. The quantitative estimate of drug-likeness (QED) is 0.295. The van der Waals surface area contributed by atoms with E-state index in [0.29, 0.717) is 41.3 Å². The average molecular weight is 443 g/mol. The smallest absolute Gasteiger partial charge is 0.307 e. The predicted molar refractivity (Wildman–Crippen MR) is 125 cm³/mol. The SMILES string of the molecule is CCOC(=O)CCNc1nc(-c2ccc(-c3ccccc3C=O)cc2)nc2ccc(F)cc12. The minimum Gasteiger partial charge on any atom is -0.466 e. The standard InChI is InChI=1S/C26H22FN3O3/c1-2-33-24(32)13-14-28-26-22-15-20(27)11-12-23(22)29-25(30-26)18-9-7-17(8-10-18)21-6-4-3-5-19(21)16-31/h3-12,15-16H,2,13-14H2,1H3,(H,28,29,30). The van der Waals surface area contributed by atoms with Crippen molar-refractivity contribution >= 4 is 29.0 Å². The summed E-state index contributed by atoms with van der Waals surface area (Å²) in [5.74, 6) is 0.184. The van der Waals surface area contributed by atoms with Gasteiger partial charge in [-0.1, -0.05) is 48.5 Å². The number of nitrogens with one attached hydrogen (secondary N) is 1. The maximum absolute atomic E-state index is 13.9. The first kappa shape index (κ1) is 22.1. The lowest BCUT2D eigenvalue weighted by molar-refractivity contribution is -0.142. The van der Waals surface area contributed by atoms with E-state index in [1.54, 1.807) is 19.1 Å². The molecular formula is C26H22FN3O3. The van der Waals surface area contributed by atoms with Gasteiger partial charge >= 0.3 is 5.97 Å². The van der Waals surface area contributed by atoms with Gasteiger partial charge in [-0.05, 0) is 36.2 Å². The number of aromatic nitrogens is 2. The first-order valence-electron chi connectivity index (χ1n) is 10.6. The van der Waals surface area contributed by atoms with E-state index in [0.717, 1.165) is 23.0 Å². The molecule has 3 aromatic carbocycles. The van der Waals surface area contributed by atoms with Crippen molar-refractivity contribution in [3.05, 3.63) is 78.1 Å². The van der Waals surface area contributed by atoms with Crippen LogP contribution in [0.15, 0.2) is 66.7 Å². The highest BCUT2D eigenvalue weighted by Crippen LogP contribution is 2.28. The monoisotopic (exact) mass is 443 g/mol. The molecule has 1 aromatic heterocycles. The molecule has 1 heterocycles. The second-order valence-electron chi connectivity index (χ2n) is 7.32. The van der Waals surface area contributed by atoms with Gasteiger partial charge in [0.2, 0.25) is 0 Å². The van der Waals surface area contributed by atoms with Gasteiger partial charge in [0.25, 0.3) is 0 Å². The Kier molecular flexibility index (Phi) is 6.69. The Morgan fingerprint density at radius 3 is 2.55 bits per heavy atom. The van der Waals surface area contributed by atoms with E-state index in [9.17, 15) is 14.0 Å². The molecule has 33 heavy (non-hydrogen) atoms. The summed E-state index contributed by atoms with van der Waals surface area (Å²) in [6.45, 7) is 2.36. The number of anilines is 1. The van der Waals surface area contributed by atoms with E-state index < -0.39 is 5.82 Å². The largest absolute Gasteiger partial charge is 0.466 e. The minimum absolute atomic E-state index is 0.162. The number of ether oxygens (including phenoxy) is 1. The molecule has 4 aromatic rings. The van der Waals surface area contributed by atoms with E-state index in [1.807, 2.05) is 42.5 Å². The van der Waals surface area contributed by atoms with Crippen molar-refractivity contribution in [1.29, 1.82) is 0 Å². The predicted octanol–water partition coefficient (Wildman–Crippen LogP) is 5.28. The molecule has 0 fully saturated rings. The van der Waals surface area contributed by atoms with E-state index in [1.165, 1.54) is 12.1 Å². The van der Waals surface area contributed by atoms with Crippen molar-refractivity contribution in [3.8, 4) is 22.5 Å². The van der Waals surface area contributed by atoms with Crippen LogP contribution in [-0.4, -0.2) is 35.4 Å². The molecule has 7 heteroatoms. The maximum Gasteiger partial charge on any atom is 0.307 e. The van der Waals surface area contributed by atoms with Gasteiger partial charge in [-0.2, -0.15) is 0 Å². The van der Waals surface area contributed by atoms with E-state index >= 15 is 0 Å². The highest BCUT2D eigenvalue weighted by molar-refractivity contribution is 5.91. The Balaban J connectivity index is 1.66. The number of carbonyl (C=O) groups is 2. The second-order valence-corrected chi connectivity index (χ2v) is 7.32. The first-order chi connectivity index (χ1) is 16.1. The van der Waals surface area contributed by atoms with Crippen LogP contribution in [0.1, 0.15) is 23.7 Å². The lowest BCUT2D eigenvalue weighted by Gasteiger charge is -2.12. The summed E-state index contributed by atoms with van der Waals surface area (Å²) < 4.78 is 18.8. The molecule has 0 spiro atoms. The van der Waals surface area contributed by atoms with E-state index in [-0.39, 0.29) is 12.4 Å². The van der Waals surface area contributed by atoms with Gasteiger partial charge in [-0.3, -0.25) is 9.59 Å². The van der Waals surface area contributed by atoms with Gasteiger partial charge in [0.15, 0.2) is 12.1 Å². The molecule has 0 atom stereocenters. The zero-order chi connectivity index (χ0) is 23.2. The molecule has 0 saturated heterocycles. The molecule has 0 aliphatic rings. The zero-order valence-electron chi connectivity index (χ0n) is 18.0. The van der Waals surface area contributed by atoms with Crippen LogP contribution in [0.2, 0.25) is 0 Å². The molecule has 6 nitrogen and oxygen atoms in total. The van der Waals surface area contributed by atoms with Gasteiger partial charge in [-0.25, -0.2) is 14.4 Å². The molecular weight excluding hydrogens is 421 g/mol. The number of benzene rings is 3.